The van der Waals surface area contributed by atoms with Crippen LogP contribution in [0.3, 0.4) is 0 Å². The number of hydrogen-bond donors (Lipinski definition) is 0. The molecule has 282 valence electrons. The monoisotopic (exact) mass is 768 g/mol. The predicted octanol–water partition coefficient (Wildman–Crippen LogP) is 7.84. The lowest BCUT2D eigenvalue weighted by Crippen LogP contribution is -2.48. The molecule has 0 bridgehead atoms. The first kappa shape index (κ1) is 39.0. The van der Waals surface area contributed by atoms with Crippen LogP contribution in [0.15, 0.2) is 164 Å². The minimum absolute atomic E-state index is 0.0377. The van der Waals surface area contributed by atoms with Crippen LogP contribution in [0.5, 0.6) is 0 Å². The van der Waals surface area contributed by atoms with E-state index >= 15 is 0 Å². The van der Waals surface area contributed by atoms with Crippen LogP contribution in [0.1, 0.15) is 31.1 Å². The predicted molar refractivity (Wildman–Crippen MR) is 210 cm³/mol. The molecule has 6 rings (SSSR count). The topological polar surface area (TPSA) is 139 Å². The Labute approximate surface area is 324 Å². The van der Waals surface area contributed by atoms with E-state index in [1.54, 1.807) is 36.4 Å². The number of carbonyl (C=O) groups is 4. The van der Waals surface area contributed by atoms with E-state index in [1.807, 2.05) is 91.0 Å². The number of carbonyl (C=O) groups excluding carboxylic acids is 4. The highest BCUT2D eigenvalue weighted by molar-refractivity contribution is 7.86. The molecule has 0 spiro atoms. The normalized spacial score (nSPS) is 12.7. The van der Waals surface area contributed by atoms with Gasteiger partial charge in [-0.05, 0) is 69.8 Å². The minimum Gasteiger partial charge on any atom is -0.459 e. The summed E-state index contributed by atoms with van der Waals surface area (Å²) in [6, 6.07) is 47.6. The highest BCUT2D eigenvalue weighted by Crippen LogP contribution is 2.24. The molecule has 0 amide bonds. The molecule has 0 heterocycles. The number of esters is 3. The molecule has 0 radical (unpaired) electrons. The van der Waals surface area contributed by atoms with Gasteiger partial charge in [0.15, 0.2) is 24.6 Å². The standard InChI is InChI=1S/C45H36O10S/c1-56(50,51)55-41(30-52-43(47)37-23-17-34(18-24-37)31-11-5-2-6-12-31)42(54-45(49)39-27-21-36(22-28-39)33-15-9-4-10-16-33)40(29-46)53-44(48)38-25-19-35(20-26-38)32-13-7-3-8-14-32/h2-29,40-42H,30H2,1H3/t40-,41-,42+/m0/s1. The summed E-state index contributed by atoms with van der Waals surface area (Å²) in [5.41, 5.74) is 5.42. The summed E-state index contributed by atoms with van der Waals surface area (Å²) in [6.07, 6.45) is -4.70. The lowest BCUT2D eigenvalue weighted by molar-refractivity contribution is -0.128. The van der Waals surface area contributed by atoms with Gasteiger partial charge in [-0.1, -0.05) is 127 Å². The van der Waals surface area contributed by atoms with Crippen molar-refractivity contribution in [1.29, 1.82) is 0 Å². The molecule has 56 heavy (non-hydrogen) atoms. The second-order valence-electron chi connectivity index (χ2n) is 12.6. The Morgan fingerprint density at radius 2 is 0.839 bits per heavy atom. The van der Waals surface area contributed by atoms with Gasteiger partial charge in [0, 0.05) is 0 Å². The first-order valence-electron chi connectivity index (χ1n) is 17.5. The Hall–Kier alpha value is -6.69. The van der Waals surface area contributed by atoms with Crippen molar-refractivity contribution in [3.05, 3.63) is 180 Å². The second kappa shape index (κ2) is 18.1. The highest BCUT2D eigenvalue weighted by Gasteiger charge is 2.40. The van der Waals surface area contributed by atoms with Crippen LogP contribution < -0.4 is 0 Å². The quantitative estimate of drug-likeness (QED) is 0.0440. The van der Waals surface area contributed by atoms with Gasteiger partial charge in [0.1, 0.15) is 6.61 Å². The summed E-state index contributed by atoms with van der Waals surface area (Å²) in [5, 5.41) is 0. The van der Waals surface area contributed by atoms with Crippen molar-refractivity contribution < 1.29 is 46.0 Å². The van der Waals surface area contributed by atoms with Crippen LogP contribution in [0.25, 0.3) is 33.4 Å². The van der Waals surface area contributed by atoms with Crippen molar-refractivity contribution in [1.82, 2.24) is 0 Å². The third-order valence-corrected chi connectivity index (χ3v) is 9.27. The van der Waals surface area contributed by atoms with Gasteiger partial charge in [0.2, 0.25) is 0 Å². The van der Waals surface area contributed by atoms with E-state index in [0.29, 0.717) is 0 Å². The molecule has 0 aromatic heterocycles. The van der Waals surface area contributed by atoms with Gasteiger partial charge in [0.25, 0.3) is 10.1 Å². The van der Waals surface area contributed by atoms with Gasteiger partial charge >= 0.3 is 17.9 Å². The van der Waals surface area contributed by atoms with E-state index in [-0.39, 0.29) is 23.0 Å². The van der Waals surface area contributed by atoms with Crippen molar-refractivity contribution in [2.75, 3.05) is 12.9 Å². The van der Waals surface area contributed by atoms with Crippen LogP contribution in [0.4, 0.5) is 0 Å². The number of rotatable bonds is 15. The Morgan fingerprint density at radius 1 is 0.500 bits per heavy atom. The molecule has 0 saturated carbocycles. The van der Waals surface area contributed by atoms with E-state index in [9.17, 15) is 27.6 Å². The summed E-state index contributed by atoms with van der Waals surface area (Å²) in [4.78, 5) is 52.9. The Bertz CT molecular complexity index is 2360. The first-order chi connectivity index (χ1) is 27.1. The zero-order valence-electron chi connectivity index (χ0n) is 30.1. The fourth-order valence-electron chi connectivity index (χ4n) is 5.84. The third kappa shape index (κ3) is 10.3. The van der Waals surface area contributed by atoms with Crippen molar-refractivity contribution in [3.63, 3.8) is 0 Å². The van der Waals surface area contributed by atoms with E-state index in [1.165, 1.54) is 36.4 Å². The molecule has 0 aliphatic heterocycles. The molecule has 0 saturated heterocycles. The summed E-state index contributed by atoms with van der Waals surface area (Å²) in [5.74, 6) is -2.82. The van der Waals surface area contributed by atoms with Gasteiger partial charge in [-0.3, -0.25) is 8.98 Å². The van der Waals surface area contributed by atoms with Crippen LogP contribution in [-0.2, 0) is 33.3 Å². The van der Waals surface area contributed by atoms with E-state index in [0.717, 1.165) is 39.6 Å². The first-order valence-corrected chi connectivity index (χ1v) is 19.3. The number of hydrogen-bond acceptors (Lipinski definition) is 10. The summed E-state index contributed by atoms with van der Waals surface area (Å²) in [7, 11) is -4.35. The smallest absolute Gasteiger partial charge is 0.338 e. The zero-order valence-corrected chi connectivity index (χ0v) is 30.9. The molecular weight excluding hydrogens is 733 g/mol. The molecule has 6 aromatic rings. The lowest BCUT2D eigenvalue weighted by Gasteiger charge is -2.29. The Kier molecular flexibility index (Phi) is 12.6. The van der Waals surface area contributed by atoms with Crippen molar-refractivity contribution >= 4 is 34.3 Å². The molecule has 6 aromatic carbocycles. The van der Waals surface area contributed by atoms with Crippen molar-refractivity contribution in [2.45, 2.75) is 18.3 Å². The fraction of sp³-hybridized carbons (Fsp3) is 0.111. The molecule has 11 heteroatoms. The van der Waals surface area contributed by atoms with Crippen LogP contribution in [0.2, 0.25) is 0 Å². The number of benzene rings is 6. The minimum atomic E-state index is -4.35. The molecule has 0 fully saturated rings. The van der Waals surface area contributed by atoms with Crippen molar-refractivity contribution in [3.8, 4) is 33.4 Å². The van der Waals surface area contributed by atoms with Crippen LogP contribution in [-0.4, -0.2) is 63.8 Å². The Balaban J connectivity index is 1.26. The summed E-state index contributed by atoms with van der Waals surface area (Å²) in [6.45, 7) is -0.815. The van der Waals surface area contributed by atoms with E-state index in [4.69, 9.17) is 18.4 Å². The molecule has 3 atom stereocenters. The lowest BCUT2D eigenvalue weighted by atomic mass is 10.0. The largest absolute Gasteiger partial charge is 0.459 e. The van der Waals surface area contributed by atoms with Gasteiger partial charge in [-0.25, -0.2) is 14.4 Å². The molecule has 0 N–H and O–H groups in total. The van der Waals surface area contributed by atoms with E-state index in [2.05, 4.69) is 0 Å². The van der Waals surface area contributed by atoms with Crippen molar-refractivity contribution in [2.24, 2.45) is 0 Å². The van der Waals surface area contributed by atoms with Crippen LogP contribution in [0, 0.1) is 0 Å². The Morgan fingerprint density at radius 3 is 1.20 bits per heavy atom. The second-order valence-corrected chi connectivity index (χ2v) is 14.2. The van der Waals surface area contributed by atoms with Gasteiger partial charge in [-0.2, -0.15) is 8.42 Å². The van der Waals surface area contributed by atoms with Gasteiger partial charge < -0.3 is 14.2 Å². The number of aldehydes is 1. The molecular formula is C45H36O10S. The molecule has 0 unspecified atom stereocenters. The summed E-state index contributed by atoms with van der Waals surface area (Å²) < 4.78 is 47.2. The maximum Gasteiger partial charge on any atom is 0.338 e. The van der Waals surface area contributed by atoms with Gasteiger partial charge in [-0.15, -0.1) is 0 Å². The summed E-state index contributed by atoms with van der Waals surface area (Å²) >= 11 is 0. The average molecular weight is 769 g/mol. The fourth-order valence-corrected chi connectivity index (χ4v) is 6.46. The average Bonchev–Trinajstić information content (AvgIpc) is 3.24. The SMILES string of the molecule is CS(=O)(=O)O[C@@H](COC(=O)c1ccc(-c2ccccc2)cc1)[C@H](OC(=O)c1ccc(-c2ccccc2)cc1)[C@H](C=O)OC(=O)c1ccc(-c2ccccc2)cc1. The van der Waals surface area contributed by atoms with E-state index < -0.39 is 52.9 Å². The number of ether oxygens (including phenoxy) is 3. The van der Waals surface area contributed by atoms with Gasteiger partial charge in [0.05, 0.1) is 22.9 Å². The van der Waals surface area contributed by atoms with Crippen LogP contribution >= 0.6 is 0 Å². The molecule has 10 nitrogen and oxygen atoms in total. The highest BCUT2D eigenvalue weighted by atomic mass is 32.2. The molecule has 0 aliphatic carbocycles. The third-order valence-electron chi connectivity index (χ3n) is 8.67. The maximum atomic E-state index is 13.6. The maximum absolute atomic E-state index is 13.6. The molecule has 0 aliphatic rings. The zero-order chi connectivity index (χ0) is 39.5.